The predicted octanol–water partition coefficient (Wildman–Crippen LogP) is 3.75. The van der Waals surface area contributed by atoms with Crippen molar-refractivity contribution in [2.75, 3.05) is 5.32 Å². The number of anilines is 1. The van der Waals surface area contributed by atoms with Crippen molar-refractivity contribution >= 4 is 35.6 Å². The molecule has 1 saturated carbocycles. The quantitative estimate of drug-likeness (QED) is 0.872. The SMILES string of the molecule is CC1(N)CCCCC1C(=O)Nc1ccc(Cl)cc1F.Cl. The number of carbonyl (C=O) groups is 1. The topological polar surface area (TPSA) is 55.1 Å². The molecule has 1 aromatic rings. The van der Waals surface area contributed by atoms with Crippen LogP contribution in [0.15, 0.2) is 18.2 Å². The van der Waals surface area contributed by atoms with Crippen LogP contribution in [-0.2, 0) is 4.79 Å². The van der Waals surface area contributed by atoms with E-state index >= 15 is 0 Å². The fourth-order valence-corrected chi connectivity index (χ4v) is 2.76. The summed E-state index contributed by atoms with van der Waals surface area (Å²) in [6.45, 7) is 1.88. The van der Waals surface area contributed by atoms with Gasteiger partial charge in [0.1, 0.15) is 5.82 Å². The molecule has 0 spiro atoms. The zero-order chi connectivity index (χ0) is 14.0. The van der Waals surface area contributed by atoms with Crippen molar-refractivity contribution in [1.29, 1.82) is 0 Å². The molecule has 1 aromatic carbocycles. The lowest BCUT2D eigenvalue weighted by Gasteiger charge is -2.37. The lowest BCUT2D eigenvalue weighted by atomic mass is 9.74. The highest BCUT2D eigenvalue weighted by atomic mass is 35.5. The first-order chi connectivity index (χ1) is 8.90. The summed E-state index contributed by atoms with van der Waals surface area (Å²) < 4.78 is 13.6. The molecule has 0 aromatic heterocycles. The number of benzene rings is 1. The van der Waals surface area contributed by atoms with Crippen LogP contribution >= 0.6 is 24.0 Å². The van der Waals surface area contributed by atoms with Crippen molar-refractivity contribution in [3.63, 3.8) is 0 Å². The van der Waals surface area contributed by atoms with Crippen LogP contribution in [0, 0.1) is 11.7 Å². The van der Waals surface area contributed by atoms with E-state index < -0.39 is 11.4 Å². The van der Waals surface area contributed by atoms with Crippen LogP contribution in [0.25, 0.3) is 0 Å². The molecule has 1 fully saturated rings. The molecule has 0 saturated heterocycles. The van der Waals surface area contributed by atoms with E-state index in [0.29, 0.717) is 5.02 Å². The van der Waals surface area contributed by atoms with Gasteiger partial charge in [0, 0.05) is 10.6 Å². The smallest absolute Gasteiger partial charge is 0.229 e. The summed E-state index contributed by atoms with van der Waals surface area (Å²) in [5, 5.41) is 2.91. The third-order valence-corrected chi connectivity index (χ3v) is 3.99. The van der Waals surface area contributed by atoms with Crippen molar-refractivity contribution in [3.8, 4) is 0 Å². The van der Waals surface area contributed by atoms with Crippen molar-refractivity contribution in [2.24, 2.45) is 11.7 Å². The average molecular weight is 321 g/mol. The summed E-state index contributed by atoms with van der Waals surface area (Å²) in [4.78, 5) is 12.2. The van der Waals surface area contributed by atoms with Crippen LogP contribution in [0.5, 0.6) is 0 Å². The molecule has 0 bridgehead atoms. The Bertz CT molecular complexity index is 494. The molecule has 3 N–H and O–H groups in total. The molecule has 6 heteroatoms. The minimum Gasteiger partial charge on any atom is -0.325 e. The number of rotatable bonds is 2. The Hall–Kier alpha value is -0.840. The maximum atomic E-state index is 13.6. The Labute approximate surface area is 129 Å². The number of nitrogens with two attached hydrogens (primary N) is 1. The number of carbonyl (C=O) groups excluding carboxylic acids is 1. The summed E-state index contributed by atoms with van der Waals surface area (Å²) in [6, 6.07) is 4.19. The van der Waals surface area contributed by atoms with Gasteiger partial charge in [-0.3, -0.25) is 4.79 Å². The van der Waals surface area contributed by atoms with Crippen LogP contribution in [0.1, 0.15) is 32.6 Å². The molecule has 1 aliphatic carbocycles. The fourth-order valence-electron chi connectivity index (χ4n) is 2.60. The largest absolute Gasteiger partial charge is 0.325 e. The van der Waals surface area contributed by atoms with Gasteiger partial charge in [0.15, 0.2) is 0 Å². The maximum Gasteiger partial charge on any atom is 0.229 e. The van der Waals surface area contributed by atoms with Crippen LogP contribution < -0.4 is 11.1 Å². The van der Waals surface area contributed by atoms with Gasteiger partial charge in [-0.05, 0) is 38.0 Å². The van der Waals surface area contributed by atoms with Gasteiger partial charge in [0.05, 0.1) is 11.6 Å². The van der Waals surface area contributed by atoms with Gasteiger partial charge in [0.2, 0.25) is 5.91 Å². The number of nitrogens with one attached hydrogen (secondary N) is 1. The third kappa shape index (κ3) is 3.84. The summed E-state index contributed by atoms with van der Waals surface area (Å²) >= 11 is 5.67. The van der Waals surface area contributed by atoms with E-state index in [9.17, 15) is 9.18 Å². The number of halogens is 3. The molecule has 20 heavy (non-hydrogen) atoms. The first-order valence-corrected chi connectivity index (χ1v) is 6.83. The van der Waals surface area contributed by atoms with E-state index in [1.807, 2.05) is 6.92 Å². The highest BCUT2D eigenvalue weighted by molar-refractivity contribution is 6.30. The van der Waals surface area contributed by atoms with E-state index in [0.717, 1.165) is 25.7 Å². The third-order valence-electron chi connectivity index (χ3n) is 3.76. The Morgan fingerprint density at radius 2 is 2.20 bits per heavy atom. The van der Waals surface area contributed by atoms with Crippen LogP contribution in [-0.4, -0.2) is 11.4 Å². The Morgan fingerprint density at radius 3 is 2.80 bits per heavy atom. The van der Waals surface area contributed by atoms with Gasteiger partial charge in [0.25, 0.3) is 0 Å². The zero-order valence-corrected chi connectivity index (χ0v) is 12.9. The summed E-state index contributed by atoms with van der Waals surface area (Å²) in [5.41, 5.74) is 5.79. The molecule has 0 radical (unpaired) electrons. The van der Waals surface area contributed by atoms with E-state index in [1.54, 1.807) is 6.07 Å². The van der Waals surface area contributed by atoms with E-state index in [-0.39, 0.29) is 29.9 Å². The maximum absolute atomic E-state index is 13.6. The second kappa shape index (κ2) is 6.74. The minimum atomic E-state index is -0.532. The lowest BCUT2D eigenvalue weighted by Crippen LogP contribution is -2.51. The summed E-state index contributed by atoms with van der Waals surface area (Å²) in [7, 11) is 0. The second-order valence-corrected chi connectivity index (χ2v) is 5.85. The Kier molecular flexibility index (Phi) is 5.80. The van der Waals surface area contributed by atoms with Crippen LogP contribution in [0.4, 0.5) is 10.1 Å². The number of amides is 1. The standard InChI is InChI=1S/C14H18ClFN2O.ClH/c1-14(17)7-3-2-4-10(14)13(19)18-12-6-5-9(15)8-11(12)16;/h5-6,8,10H,2-4,7,17H2,1H3,(H,18,19);1H. The van der Waals surface area contributed by atoms with Crippen molar-refractivity contribution in [2.45, 2.75) is 38.1 Å². The lowest BCUT2D eigenvalue weighted by molar-refractivity contribution is -0.122. The molecular formula is C14H19Cl2FN2O. The van der Waals surface area contributed by atoms with Crippen LogP contribution in [0.2, 0.25) is 5.02 Å². The summed E-state index contributed by atoms with van der Waals surface area (Å²) in [5.74, 6) is -1.03. The molecular weight excluding hydrogens is 302 g/mol. The van der Waals surface area contributed by atoms with Gasteiger partial charge in [-0.15, -0.1) is 12.4 Å². The van der Waals surface area contributed by atoms with Gasteiger partial charge < -0.3 is 11.1 Å². The van der Waals surface area contributed by atoms with E-state index in [1.165, 1.54) is 12.1 Å². The fraction of sp³-hybridized carbons (Fsp3) is 0.500. The molecule has 2 rings (SSSR count). The van der Waals surface area contributed by atoms with Crippen molar-refractivity contribution in [1.82, 2.24) is 0 Å². The van der Waals surface area contributed by atoms with Gasteiger partial charge in [-0.2, -0.15) is 0 Å². The second-order valence-electron chi connectivity index (χ2n) is 5.42. The van der Waals surface area contributed by atoms with Gasteiger partial charge in [-0.1, -0.05) is 24.4 Å². The molecule has 2 unspecified atom stereocenters. The predicted molar refractivity (Wildman–Crippen MR) is 81.8 cm³/mol. The molecule has 1 amide bonds. The molecule has 0 aliphatic heterocycles. The van der Waals surface area contributed by atoms with Crippen LogP contribution in [0.3, 0.4) is 0 Å². The van der Waals surface area contributed by atoms with Crippen molar-refractivity contribution < 1.29 is 9.18 Å². The highest BCUT2D eigenvalue weighted by Crippen LogP contribution is 2.32. The first kappa shape index (κ1) is 17.2. The molecule has 0 heterocycles. The van der Waals surface area contributed by atoms with Gasteiger partial charge >= 0.3 is 0 Å². The molecule has 112 valence electrons. The summed E-state index contributed by atoms with van der Waals surface area (Å²) in [6.07, 6.45) is 3.57. The van der Waals surface area contributed by atoms with E-state index in [2.05, 4.69) is 5.32 Å². The minimum absolute atomic E-state index is 0. The average Bonchev–Trinajstić information content (AvgIpc) is 2.32. The normalized spacial score (nSPS) is 25.7. The van der Waals surface area contributed by atoms with Gasteiger partial charge in [-0.25, -0.2) is 4.39 Å². The van der Waals surface area contributed by atoms with Crippen molar-refractivity contribution in [3.05, 3.63) is 29.0 Å². The Morgan fingerprint density at radius 1 is 1.50 bits per heavy atom. The molecule has 3 nitrogen and oxygen atoms in total. The first-order valence-electron chi connectivity index (χ1n) is 6.45. The van der Waals surface area contributed by atoms with E-state index in [4.69, 9.17) is 17.3 Å². The molecule has 2 atom stereocenters. The number of hydrogen-bond acceptors (Lipinski definition) is 2. The monoisotopic (exact) mass is 320 g/mol. The molecule has 1 aliphatic rings. The number of hydrogen-bond donors (Lipinski definition) is 2. The Balaban J connectivity index is 0.00000200. The zero-order valence-electron chi connectivity index (χ0n) is 11.3. The highest BCUT2D eigenvalue weighted by Gasteiger charge is 2.37.